The Balaban J connectivity index is 2.65. The number of hydrogen-bond donors (Lipinski definition) is 2. The van der Waals surface area contributed by atoms with Crippen LogP contribution in [0.3, 0.4) is 0 Å². The second-order valence-corrected chi connectivity index (χ2v) is 3.41. The van der Waals surface area contributed by atoms with Gasteiger partial charge in [0.15, 0.2) is 0 Å². The number of aromatic nitrogens is 1. The fourth-order valence-electron chi connectivity index (χ4n) is 1.72. The molecule has 0 radical (unpaired) electrons. The molecular formula is C11H13NO2. The highest BCUT2D eigenvalue weighted by atomic mass is 16.3. The predicted molar refractivity (Wildman–Crippen MR) is 55.0 cm³/mol. The maximum Gasteiger partial charge on any atom is 0.103 e. The molecule has 0 amide bonds. The van der Waals surface area contributed by atoms with Crippen molar-refractivity contribution in [2.45, 2.75) is 6.10 Å². The first kappa shape index (κ1) is 9.24. The van der Waals surface area contributed by atoms with Gasteiger partial charge in [-0.3, -0.25) is 0 Å². The number of aryl methyl sites for hydroxylation is 1. The number of aliphatic hydroxyl groups is 2. The third kappa shape index (κ3) is 1.31. The Labute approximate surface area is 82.2 Å². The Kier molecular flexibility index (Phi) is 2.27. The molecule has 2 aromatic rings. The molecule has 1 aromatic heterocycles. The molecule has 0 saturated heterocycles. The van der Waals surface area contributed by atoms with Crippen molar-refractivity contribution >= 4 is 10.9 Å². The molecule has 1 aromatic carbocycles. The Bertz CT molecular complexity index is 447. The first-order valence-corrected chi connectivity index (χ1v) is 4.57. The molecule has 0 spiro atoms. The summed E-state index contributed by atoms with van der Waals surface area (Å²) in [5, 5.41) is 19.5. The smallest absolute Gasteiger partial charge is 0.103 e. The molecule has 0 bridgehead atoms. The second kappa shape index (κ2) is 3.44. The van der Waals surface area contributed by atoms with Crippen LogP contribution in [0.25, 0.3) is 10.9 Å². The van der Waals surface area contributed by atoms with Crippen molar-refractivity contribution in [3.05, 3.63) is 36.0 Å². The lowest BCUT2D eigenvalue weighted by molar-refractivity contribution is 0.0967. The van der Waals surface area contributed by atoms with Gasteiger partial charge in [0.2, 0.25) is 0 Å². The van der Waals surface area contributed by atoms with E-state index < -0.39 is 6.10 Å². The lowest BCUT2D eigenvalue weighted by Crippen LogP contribution is -2.02. The molecule has 2 rings (SSSR count). The summed E-state index contributed by atoms with van der Waals surface area (Å²) in [5.41, 5.74) is 1.85. The third-order valence-electron chi connectivity index (χ3n) is 2.49. The van der Waals surface area contributed by atoms with Crippen molar-refractivity contribution < 1.29 is 10.2 Å². The average molecular weight is 191 g/mol. The third-order valence-corrected chi connectivity index (χ3v) is 2.49. The van der Waals surface area contributed by atoms with Gasteiger partial charge in [-0.1, -0.05) is 12.1 Å². The first-order chi connectivity index (χ1) is 6.74. The van der Waals surface area contributed by atoms with Crippen LogP contribution in [0.2, 0.25) is 0 Å². The maximum absolute atomic E-state index is 9.58. The molecule has 3 nitrogen and oxygen atoms in total. The van der Waals surface area contributed by atoms with Crippen LogP contribution in [0.15, 0.2) is 30.5 Å². The van der Waals surface area contributed by atoms with Gasteiger partial charge in [-0.25, -0.2) is 0 Å². The van der Waals surface area contributed by atoms with Gasteiger partial charge in [-0.2, -0.15) is 0 Å². The summed E-state index contributed by atoms with van der Waals surface area (Å²) in [5.74, 6) is 0. The largest absolute Gasteiger partial charge is 0.393 e. The minimum absolute atomic E-state index is 0.242. The van der Waals surface area contributed by atoms with Crippen molar-refractivity contribution in [1.29, 1.82) is 0 Å². The summed E-state index contributed by atoms with van der Waals surface area (Å²) in [6.45, 7) is -0.242. The van der Waals surface area contributed by atoms with Gasteiger partial charge in [0, 0.05) is 24.1 Å². The van der Waals surface area contributed by atoms with E-state index in [1.165, 1.54) is 0 Å². The second-order valence-electron chi connectivity index (χ2n) is 3.41. The van der Waals surface area contributed by atoms with Crippen LogP contribution < -0.4 is 0 Å². The highest BCUT2D eigenvalue weighted by Gasteiger charge is 2.10. The van der Waals surface area contributed by atoms with E-state index in [1.807, 2.05) is 42.1 Å². The number of rotatable bonds is 2. The number of fused-ring (bicyclic) bond motifs is 1. The molecular weight excluding hydrogens is 178 g/mol. The molecule has 0 aliphatic rings. The van der Waals surface area contributed by atoms with Crippen LogP contribution in [-0.2, 0) is 7.05 Å². The Morgan fingerprint density at radius 3 is 2.86 bits per heavy atom. The van der Waals surface area contributed by atoms with E-state index in [9.17, 15) is 5.11 Å². The summed E-state index contributed by atoms with van der Waals surface area (Å²) in [4.78, 5) is 0. The SMILES string of the molecule is Cn1ccc2c(C(O)CO)cccc21. The van der Waals surface area contributed by atoms with Crippen molar-refractivity contribution in [3.63, 3.8) is 0 Å². The number of aliphatic hydroxyl groups excluding tert-OH is 2. The molecule has 1 unspecified atom stereocenters. The van der Waals surface area contributed by atoms with E-state index in [-0.39, 0.29) is 6.61 Å². The van der Waals surface area contributed by atoms with E-state index in [4.69, 9.17) is 5.11 Å². The van der Waals surface area contributed by atoms with E-state index in [0.717, 1.165) is 16.5 Å². The molecule has 2 N–H and O–H groups in total. The maximum atomic E-state index is 9.58. The first-order valence-electron chi connectivity index (χ1n) is 4.57. The van der Waals surface area contributed by atoms with Crippen LogP contribution in [0, 0.1) is 0 Å². The summed E-state index contributed by atoms with van der Waals surface area (Å²) >= 11 is 0. The van der Waals surface area contributed by atoms with Gasteiger partial charge < -0.3 is 14.8 Å². The summed E-state index contributed by atoms with van der Waals surface area (Å²) in [6, 6.07) is 7.66. The molecule has 0 aliphatic heterocycles. The van der Waals surface area contributed by atoms with E-state index >= 15 is 0 Å². The highest BCUT2D eigenvalue weighted by molar-refractivity contribution is 5.84. The zero-order valence-corrected chi connectivity index (χ0v) is 8.01. The molecule has 0 fully saturated rings. The zero-order valence-electron chi connectivity index (χ0n) is 8.01. The summed E-state index contributed by atoms with van der Waals surface area (Å²) in [7, 11) is 1.96. The normalized spacial score (nSPS) is 13.4. The van der Waals surface area contributed by atoms with Crippen molar-refractivity contribution in [2.24, 2.45) is 7.05 Å². The fourth-order valence-corrected chi connectivity index (χ4v) is 1.72. The van der Waals surface area contributed by atoms with Crippen LogP contribution >= 0.6 is 0 Å². The van der Waals surface area contributed by atoms with E-state index in [1.54, 1.807) is 0 Å². The monoisotopic (exact) mass is 191 g/mol. The van der Waals surface area contributed by atoms with Gasteiger partial charge in [0.05, 0.1) is 6.61 Å². The number of nitrogens with zero attached hydrogens (tertiary/aromatic N) is 1. The van der Waals surface area contributed by atoms with Gasteiger partial charge in [-0.15, -0.1) is 0 Å². The van der Waals surface area contributed by atoms with Crippen molar-refractivity contribution in [1.82, 2.24) is 4.57 Å². The number of hydrogen-bond acceptors (Lipinski definition) is 2. The highest BCUT2D eigenvalue weighted by Crippen LogP contribution is 2.24. The van der Waals surface area contributed by atoms with Gasteiger partial charge in [-0.05, 0) is 17.7 Å². The molecule has 0 aliphatic carbocycles. The molecule has 1 atom stereocenters. The lowest BCUT2D eigenvalue weighted by Gasteiger charge is -2.08. The van der Waals surface area contributed by atoms with Gasteiger partial charge in [0.1, 0.15) is 6.10 Å². The fraction of sp³-hybridized carbons (Fsp3) is 0.273. The Morgan fingerprint density at radius 2 is 2.14 bits per heavy atom. The predicted octanol–water partition coefficient (Wildman–Crippen LogP) is 1.20. The van der Waals surface area contributed by atoms with E-state index in [0.29, 0.717) is 0 Å². The number of benzene rings is 1. The van der Waals surface area contributed by atoms with E-state index in [2.05, 4.69) is 0 Å². The van der Waals surface area contributed by atoms with Crippen molar-refractivity contribution in [2.75, 3.05) is 6.61 Å². The minimum Gasteiger partial charge on any atom is -0.393 e. The molecule has 0 saturated carbocycles. The van der Waals surface area contributed by atoms with Gasteiger partial charge >= 0.3 is 0 Å². The minimum atomic E-state index is -0.791. The van der Waals surface area contributed by atoms with Crippen molar-refractivity contribution in [3.8, 4) is 0 Å². The quantitative estimate of drug-likeness (QED) is 0.749. The van der Waals surface area contributed by atoms with Crippen LogP contribution in [0.4, 0.5) is 0 Å². The summed E-state index contributed by atoms with van der Waals surface area (Å²) in [6.07, 6.45) is 1.15. The van der Waals surface area contributed by atoms with Gasteiger partial charge in [0.25, 0.3) is 0 Å². The molecule has 14 heavy (non-hydrogen) atoms. The topological polar surface area (TPSA) is 45.4 Å². The van der Waals surface area contributed by atoms with Crippen LogP contribution in [0.5, 0.6) is 0 Å². The molecule has 3 heteroatoms. The Hall–Kier alpha value is -1.32. The lowest BCUT2D eigenvalue weighted by atomic mass is 10.1. The van der Waals surface area contributed by atoms with Crippen LogP contribution in [0.1, 0.15) is 11.7 Å². The molecule has 1 heterocycles. The summed E-state index contributed by atoms with van der Waals surface area (Å²) < 4.78 is 1.99. The average Bonchev–Trinajstić information content (AvgIpc) is 2.59. The molecule has 74 valence electrons. The standard InChI is InChI=1S/C11H13NO2/c1-12-6-5-8-9(11(14)7-13)3-2-4-10(8)12/h2-6,11,13-14H,7H2,1H3. The van der Waals surface area contributed by atoms with Crippen LogP contribution in [-0.4, -0.2) is 21.4 Å². The zero-order chi connectivity index (χ0) is 10.1. The Morgan fingerprint density at radius 1 is 1.36 bits per heavy atom.